The Morgan fingerprint density at radius 2 is 2.14 bits per heavy atom. The van der Waals surface area contributed by atoms with E-state index in [1.807, 2.05) is 31.2 Å². The van der Waals surface area contributed by atoms with Crippen molar-refractivity contribution in [2.45, 2.75) is 51.6 Å². The number of aliphatic carboxylic acids is 1. The highest BCUT2D eigenvalue weighted by atomic mass is 16.4. The maximum atomic E-state index is 11.6. The molecule has 4 nitrogen and oxygen atoms in total. The second-order valence-electron chi connectivity index (χ2n) is 5.65. The number of carbonyl (C=O) groups is 2. The minimum atomic E-state index is -0.755. The van der Waals surface area contributed by atoms with Crippen molar-refractivity contribution in [3.63, 3.8) is 0 Å². The monoisotopic (exact) mass is 306 g/mol. The minimum absolute atomic E-state index is 0.0215. The number of carboxylic acids is 1. The van der Waals surface area contributed by atoms with Crippen molar-refractivity contribution in [1.29, 1.82) is 0 Å². The molecule has 0 fully saturated rings. The van der Waals surface area contributed by atoms with E-state index in [0.717, 1.165) is 19.3 Å². The van der Waals surface area contributed by atoms with Gasteiger partial charge in [0.25, 0.3) is 0 Å². The summed E-state index contributed by atoms with van der Waals surface area (Å²) in [5.74, 6) is -0.456. The zero-order chi connectivity index (χ0) is 16.4. The van der Waals surface area contributed by atoms with Gasteiger partial charge in [0.2, 0.25) is 0 Å². The molecule has 0 spiro atoms. The largest absolute Gasteiger partial charge is 0.481 e. The fraction of sp³-hybridized carbons (Fsp3) is 0.556. The average Bonchev–Trinajstić information content (AvgIpc) is 2.83. The first kappa shape index (κ1) is 18.4. The van der Waals surface area contributed by atoms with Gasteiger partial charge >= 0.3 is 5.97 Å². The van der Waals surface area contributed by atoms with Gasteiger partial charge in [0, 0.05) is 18.3 Å². The predicted octanol–water partition coefficient (Wildman–Crippen LogP) is 3.28. The quantitative estimate of drug-likeness (QED) is 0.480. The van der Waals surface area contributed by atoms with Crippen LogP contribution < -0.4 is 0 Å². The lowest BCUT2D eigenvalue weighted by Crippen LogP contribution is -2.13. The lowest BCUT2D eigenvalue weighted by Gasteiger charge is -2.12. The van der Waals surface area contributed by atoms with Crippen LogP contribution in [0.4, 0.5) is 0 Å². The molecule has 0 saturated heterocycles. The van der Waals surface area contributed by atoms with Crippen LogP contribution in [0.3, 0.4) is 0 Å². The molecule has 0 aromatic rings. The number of carbonyl (C=O) groups excluding carboxylic acids is 1. The fourth-order valence-electron chi connectivity index (χ4n) is 2.55. The van der Waals surface area contributed by atoms with Crippen LogP contribution in [0, 0.1) is 11.8 Å². The molecule has 2 N–H and O–H groups in total. The van der Waals surface area contributed by atoms with Gasteiger partial charge in [-0.3, -0.25) is 9.59 Å². The summed E-state index contributed by atoms with van der Waals surface area (Å²) in [6, 6.07) is 0. The maximum absolute atomic E-state index is 11.6. The number of hydrogen-bond donors (Lipinski definition) is 2. The van der Waals surface area contributed by atoms with Gasteiger partial charge in [-0.15, -0.1) is 0 Å². The zero-order valence-electron chi connectivity index (χ0n) is 13.1. The van der Waals surface area contributed by atoms with E-state index in [4.69, 9.17) is 5.11 Å². The number of ketones is 1. The zero-order valence-corrected chi connectivity index (χ0v) is 13.1. The Kier molecular flexibility index (Phi) is 8.44. The molecule has 0 bridgehead atoms. The molecule has 0 unspecified atom stereocenters. The molecule has 1 aliphatic rings. The number of aliphatic hydroxyl groups is 1. The van der Waals surface area contributed by atoms with E-state index in [9.17, 15) is 14.7 Å². The summed E-state index contributed by atoms with van der Waals surface area (Å²) >= 11 is 0. The van der Waals surface area contributed by atoms with Crippen molar-refractivity contribution >= 4 is 11.8 Å². The van der Waals surface area contributed by atoms with Gasteiger partial charge in [0.05, 0.1) is 6.10 Å². The van der Waals surface area contributed by atoms with E-state index >= 15 is 0 Å². The first-order valence-corrected chi connectivity index (χ1v) is 7.99. The molecule has 1 aliphatic carbocycles. The molecular weight excluding hydrogens is 280 g/mol. The molecule has 0 heterocycles. The SMILES string of the molecule is CC[C@H]1C(=O)C=C[C@H]1/C=C/[C@H](O)C/C=C\CCCCC(=O)O. The van der Waals surface area contributed by atoms with Crippen LogP contribution in [-0.4, -0.2) is 28.1 Å². The molecule has 4 heteroatoms. The summed E-state index contributed by atoms with van der Waals surface area (Å²) < 4.78 is 0. The van der Waals surface area contributed by atoms with Crippen LogP contribution in [0.1, 0.15) is 45.4 Å². The standard InChI is InChI=1S/C18H26O4/c1-2-16-14(11-13-17(16)20)10-12-15(19)8-6-4-3-5-7-9-18(21)22/h4,6,10-16,19H,2-3,5,7-9H2,1H3,(H,21,22)/b6-4-,12-10+/t14-,15-,16-/m1/s1. The maximum Gasteiger partial charge on any atom is 0.303 e. The van der Waals surface area contributed by atoms with Gasteiger partial charge in [0.15, 0.2) is 5.78 Å². The Morgan fingerprint density at radius 1 is 1.36 bits per heavy atom. The minimum Gasteiger partial charge on any atom is -0.481 e. The molecule has 0 saturated carbocycles. The molecule has 0 aromatic heterocycles. The van der Waals surface area contributed by atoms with Crippen LogP contribution in [0.5, 0.6) is 0 Å². The Morgan fingerprint density at radius 3 is 2.82 bits per heavy atom. The van der Waals surface area contributed by atoms with Gasteiger partial charge in [-0.05, 0) is 38.2 Å². The highest BCUT2D eigenvalue weighted by Crippen LogP contribution is 2.26. The smallest absolute Gasteiger partial charge is 0.303 e. The highest BCUT2D eigenvalue weighted by molar-refractivity contribution is 5.94. The van der Waals surface area contributed by atoms with E-state index in [0.29, 0.717) is 12.8 Å². The molecule has 0 amide bonds. The second kappa shape index (κ2) is 10.1. The van der Waals surface area contributed by atoms with Crippen LogP contribution >= 0.6 is 0 Å². The molecule has 0 radical (unpaired) electrons. The van der Waals surface area contributed by atoms with E-state index in [2.05, 4.69) is 0 Å². The lowest BCUT2D eigenvalue weighted by molar-refractivity contribution is -0.137. The number of rotatable bonds is 10. The molecule has 22 heavy (non-hydrogen) atoms. The van der Waals surface area contributed by atoms with Gasteiger partial charge in [-0.2, -0.15) is 0 Å². The third kappa shape index (κ3) is 6.85. The predicted molar refractivity (Wildman–Crippen MR) is 86.4 cm³/mol. The average molecular weight is 306 g/mol. The van der Waals surface area contributed by atoms with Crippen molar-refractivity contribution in [2.24, 2.45) is 11.8 Å². The summed E-state index contributed by atoms with van der Waals surface area (Å²) in [6.45, 7) is 2.00. The summed E-state index contributed by atoms with van der Waals surface area (Å²) in [5, 5.41) is 18.4. The Balaban J connectivity index is 2.21. The van der Waals surface area contributed by atoms with Crippen molar-refractivity contribution in [2.75, 3.05) is 0 Å². The summed E-state index contributed by atoms with van der Waals surface area (Å²) in [7, 11) is 0. The first-order chi connectivity index (χ1) is 10.5. The van der Waals surface area contributed by atoms with Crippen molar-refractivity contribution < 1.29 is 19.8 Å². The number of unbranched alkanes of at least 4 members (excludes halogenated alkanes) is 2. The number of carboxylic acid groups (broad SMARTS) is 1. The van der Waals surface area contributed by atoms with E-state index in [1.54, 1.807) is 12.2 Å². The normalized spacial score (nSPS) is 22.9. The van der Waals surface area contributed by atoms with Gasteiger partial charge in [-0.25, -0.2) is 0 Å². The Bertz CT molecular complexity index is 448. The molecule has 3 atom stereocenters. The van der Waals surface area contributed by atoms with Crippen molar-refractivity contribution in [3.05, 3.63) is 36.5 Å². The number of hydrogen-bond acceptors (Lipinski definition) is 3. The number of aliphatic hydroxyl groups excluding tert-OH is 1. The lowest BCUT2D eigenvalue weighted by atomic mass is 9.91. The van der Waals surface area contributed by atoms with Crippen LogP contribution in [-0.2, 0) is 9.59 Å². The van der Waals surface area contributed by atoms with Gasteiger partial charge in [-0.1, -0.05) is 37.3 Å². The molecule has 122 valence electrons. The summed E-state index contributed by atoms with van der Waals surface area (Å²) in [4.78, 5) is 21.9. The molecular formula is C18H26O4. The molecule has 0 aliphatic heterocycles. The molecule has 1 rings (SSSR count). The first-order valence-electron chi connectivity index (χ1n) is 7.99. The van der Waals surface area contributed by atoms with E-state index in [1.165, 1.54) is 0 Å². The highest BCUT2D eigenvalue weighted by Gasteiger charge is 2.26. The van der Waals surface area contributed by atoms with E-state index in [-0.39, 0.29) is 24.0 Å². The third-order valence-electron chi connectivity index (χ3n) is 3.86. The van der Waals surface area contributed by atoms with Crippen molar-refractivity contribution in [3.8, 4) is 0 Å². The van der Waals surface area contributed by atoms with Crippen LogP contribution in [0.2, 0.25) is 0 Å². The number of allylic oxidation sites excluding steroid dienone is 4. The van der Waals surface area contributed by atoms with Crippen LogP contribution in [0.25, 0.3) is 0 Å². The summed E-state index contributed by atoms with van der Waals surface area (Å²) in [5.41, 5.74) is 0. The third-order valence-corrected chi connectivity index (χ3v) is 3.86. The van der Waals surface area contributed by atoms with Gasteiger partial charge < -0.3 is 10.2 Å². The Hall–Kier alpha value is -1.68. The van der Waals surface area contributed by atoms with Gasteiger partial charge in [0.1, 0.15) is 0 Å². The second-order valence-corrected chi connectivity index (χ2v) is 5.65. The van der Waals surface area contributed by atoms with Crippen molar-refractivity contribution in [1.82, 2.24) is 0 Å². The summed E-state index contributed by atoms with van der Waals surface area (Å²) in [6.07, 6.45) is 14.5. The Labute approximate surface area is 132 Å². The van der Waals surface area contributed by atoms with Crippen LogP contribution in [0.15, 0.2) is 36.5 Å². The fourth-order valence-corrected chi connectivity index (χ4v) is 2.55. The van der Waals surface area contributed by atoms with E-state index < -0.39 is 12.1 Å². The molecule has 0 aromatic carbocycles. The topological polar surface area (TPSA) is 74.6 Å².